The number of nitrogens with zero attached hydrogens (tertiary/aromatic N) is 4. The standard InChI is InChI=1S/C31H41F3N6O2/c1-20(2)28-16-37(4)8-9-38(28)14-22-10-25-26(27(11-22)31(32,33)34)15-40(29(25)41)24-7-5-6-23(12-24)30(18-42-19-30)17-39(36)13-21(3)35/h5-7,10-13,20,28H,8-9,14-19,35-36H2,1-4H3/b21-13-. The average Bonchev–Trinajstić information content (AvgIpc) is 3.22. The van der Waals surface area contributed by atoms with Gasteiger partial charge in [-0.25, -0.2) is 5.84 Å². The zero-order chi connectivity index (χ0) is 30.4. The van der Waals surface area contributed by atoms with Crippen molar-refractivity contribution < 1.29 is 22.7 Å². The highest BCUT2D eigenvalue weighted by Crippen LogP contribution is 2.41. The minimum Gasteiger partial charge on any atom is -0.401 e. The summed E-state index contributed by atoms with van der Waals surface area (Å²) in [5.74, 6) is 6.09. The molecule has 11 heteroatoms. The van der Waals surface area contributed by atoms with Crippen LogP contribution < -0.4 is 16.5 Å². The van der Waals surface area contributed by atoms with Crippen LogP contribution in [0.3, 0.4) is 0 Å². The smallest absolute Gasteiger partial charge is 0.401 e. The molecule has 2 saturated heterocycles. The highest BCUT2D eigenvalue weighted by atomic mass is 19.4. The molecule has 0 aromatic heterocycles. The van der Waals surface area contributed by atoms with Crippen molar-refractivity contribution in [2.45, 2.75) is 51.5 Å². The number of nitrogens with two attached hydrogens (primary N) is 2. The summed E-state index contributed by atoms with van der Waals surface area (Å²) in [5, 5.41) is 1.52. The van der Waals surface area contributed by atoms with Gasteiger partial charge >= 0.3 is 6.18 Å². The van der Waals surface area contributed by atoms with Gasteiger partial charge in [-0.15, -0.1) is 0 Å². The number of benzene rings is 2. The predicted molar refractivity (Wildman–Crippen MR) is 156 cm³/mol. The third-order valence-corrected chi connectivity index (χ3v) is 8.68. The fourth-order valence-corrected chi connectivity index (χ4v) is 6.43. The van der Waals surface area contributed by atoms with E-state index < -0.39 is 23.1 Å². The van der Waals surface area contributed by atoms with E-state index in [0.717, 1.165) is 25.2 Å². The van der Waals surface area contributed by atoms with Crippen LogP contribution in [-0.2, 0) is 29.4 Å². The Labute approximate surface area is 245 Å². The number of amides is 1. The van der Waals surface area contributed by atoms with Crippen molar-refractivity contribution in [3.63, 3.8) is 0 Å². The lowest BCUT2D eigenvalue weighted by atomic mass is 9.78. The lowest BCUT2D eigenvalue weighted by Gasteiger charge is -2.44. The second-order valence-electron chi connectivity index (χ2n) is 12.5. The first-order valence-corrected chi connectivity index (χ1v) is 14.4. The van der Waals surface area contributed by atoms with E-state index in [1.807, 2.05) is 18.2 Å². The van der Waals surface area contributed by atoms with E-state index in [1.165, 1.54) is 16.0 Å². The number of piperazine rings is 1. The van der Waals surface area contributed by atoms with E-state index in [0.29, 0.717) is 49.2 Å². The Hall–Kier alpha value is -3.12. The van der Waals surface area contributed by atoms with Gasteiger partial charge in [-0.3, -0.25) is 9.69 Å². The maximum absolute atomic E-state index is 14.4. The van der Waals surface area contributed by atoms with Gasteiger partial charge in [-0.2, -0.15) is 13.2 Å². The highest BCUT2D eigenvalue weighted by molar-refractivity contribution is 6.10. The normalized spacial score (nSPS) is 21.5. The fourth-order valence-electron chi connectivity index (χ4n) is 6.43. The van der Waals surface area contributed by atoms with Crippen LogP contribution in [0.4, 0.5) is 18.9 Å². The van der Waals surface area contributed by atoms with Gasteiger partial charge in [0.15, 0.2) is 0 Å². The summed E-state index contributed by atoms with van der Waals surface area (Å²) in [6.45, 7) is 10.0. The number of allylic oxidation sites excluding steroid dienone is 1. The van der Waals surface area contributed by atoms with Gasteiger partial charge in [-0.05, 0) is 60.8 Å². The molecule has 5 rings (SSSR count). The zero-order valence-electron chi connectivity index (χ0n) is 24.7. The Morgan fingerprint density at radius 1 is 1.21 bits per heavy atom. The molecule has 1 unspecified atom stereocenters. The first kappa shape index (κ1) is 30.3. The largest absolute Gasteiger partial charge is 0.416 e. The van der Waals surface area contributed by atoms with E-state index >= 15 is 0 Å². The number of hydrogen-bond acceptors (Lipinski definition) is 7. The molecule has 0 aliphatic carbocycles. The van der Waals surface area contributed by atoms with Crippen LogP contribution in [0.15, 0.2) is 48.3 Å². The van der Waals surface area contributed by atoms with Crippen LogP contribution in [0.25, 0.3) is 0 Å². The monoisotopic (exact) mass is 586 g/mol. The molecule has 3 aliphatic rings. The van der Waals surface area contributed by atoms with Crippen LogP contribution in [-0.4, -0.2) is 73.2 Å². The van der Waals surface area contributed by atoms with Crippen LogP contribution in [0.2, 0.25) is 0 Å². The van der Waals surface area contributed by atoms with Gasteiger partial charge in [0.2, 0.25) is 0 Å². The van der Waals surface area contributed by atoms with Crippen molar-refractivity contribution in [3.05, 3.63) is 76.1 Å². The molecule has 1 atom stereocenters. The Morgan fingerprint density at radius 2 is 1.95 bits per heavy atom. The topological polar surface area (TPSA) is 91.3 Å². The molecule has 42 heavy (non-hydrogen) atoms. The van der Waals surface area contributed by atoms with E-state index in [2.05, 4.69) is 30.7 Å². The van der Waals surface area contributed by atoms with E-state index in [1.54, 1.807) is 25.3 Å². The van der Waals surface area contributed by atoms with Crippen LogP contribution in [0.5, 0.6) is 0 Å². The lowest BCUT2D eigenvalue weighted by Crippen LogP contribution is -2.55. The summed E-state index contributed by atoms with van der Waals surface area (Å²) < 4.78 is 48.8. The summed E-state index contributed by atoms with van der Waals surface area (Å²) in [6.07, 6.45) is -2.93. The molecular weight excluding hydrogens is 545 g/mol. The van der Waals surface area contributed by atoms with Gasteiger partial charge in [0.05, 0.1) is 30.7 Å². The SMILES string of the molecule is C/C(N)=C/N(N)CC1(c2cccc(N3Cc4c(cc(CN5CCN(C)CC5C(C)C)cc4C(F)(F)F)C3=O)c2)COC1. The number of ether oxygens (including phenoxy) is 1. The summed E-state index contributed by atoms with van der Waals surface area (Å²) in [5.41, 5.74) is 7.30. The van der Waals surface area contributed by atoms with E-state index in [-0.39, 0.29) is 23.7 Å². The maximum Gasteiger partial charge on any atom is 0.416 e. The molecule has 8 nitrogen and oxygen atoms in total. The zero-order valence-corrected chi connectivity index (χ0v) is 24.7. The van der Waals surface area contributed by atoms with E-state index in [4.69, 9.17) is 16.3 Å². The minimum atomic E-state index is -4.58. The molecule has 0 saturated carbocycles. The van der Waals surface area contributed by atoms with Crippen molar-refractivity contribution in [2.24, 2.45) is 17.5 Å². The van der Waals surface area contributed by atoms with Crippen molar-refractivity contribution >= 4 is 11.6 Å². The molecule has 228 valence electrons. The van der Waals surface area contributed by atoms with E-state index in [9.17, 15) is 18.0 Å². The third kappa shape index (κ3) is 6.01. The summed E-state index contributed by atoms with van der Waals surface area (Å²) in [4.78, 5) is 19.7. The van der Waals surface area contributed by atoms with Gasteiger partial charge in [0, 0.05) is 61.9 Å². The number of carbonyl (C=O) groups excluding carboxylic acids is 1. The minimum absolute atomic E-state index is 0.0267. The summed E-state index contributed by atoms with van der Waals surface area (Å²) in [6, 6.07) is 10.5. The molecule has 2 aromatic carbocycles. The Kier molecular flexibility index (Phi) is 8.32. The first-order chi connectivity index (χ1) is 19.8. The van der Waals surface area contributed by atoms with Crippen molar-refractivity contribution in [2.75, 3.05) is 51.3 Å². The summed E-state index contributed by atoms with van der Waals surface area (Å²) in [7, 11) is 2.07. The van der Waals surface area contributed by atoms with Crippen LogP contribution in [0, 0.1) is 5.92 Å². The molecule has 3 aliphatic heterocycles. The number of hydrazine groups is 1. The van der Waals surface area contributed by atoms with Gasteiger partial charge in [-0.1, -0.05) is 26.0 Å². The number of rotatable bonds is 8. The number of likely N-dealkylation sites (N-methyl/N-ethyl adjacent to an activating group) is 1. The number of halogens is 3. The summed E-state index contributed by atoms with van der Waals surface area (Å²) >= 11 is 0. The molecule has 1 amide bonds. The molecule has 3 heterocycles. The number of anilines is 1. The molecule has 2 aromatic rings. The second-order valence-corrected chi connectivity index (χ2v) is 12.5. The highest BCUT2D eigenvalue weighted by Gasteiger charge is 2.43. The van der Waals surface area contributed by atoms with Crippen molar-refractivity contribution in [3.8, 4) is 0 Å². The quantitative estimate of drug-likeness (QED) is 0.358. The van der Waals surface area contributed by atoms with Crippen molar-refractivity contribution in [1.29, 1.82) is 0 Å². The van der Waals surface area contributed by atoms with Crippen LogP contribution in [0.1, 0.15) is 53.4 Å². The number of fused-ring (bicyclic) bond motifs is 1. The molecule has 0 spiro atoms. The van der Waals surface area contributed by atoms with Gasteiger partial charge < -0.3 is 25.3 Å². The second kappa shape index (κ2) is 11.5. The average molecular weight is 587 g/mol. The van der Waals surface area contributed by atoms with Crippen LogP contribution >= 0.6 is 0 Å². The number of carbonyl (C=O) groups is 1. The maximum atomic E-state index is 14.4. The lowest BCUT2D eigenvalue weighted by molar-refractivity contribution is -0.138. The third-order valence-electron chi connectivity index (χ3n) is 8.68. The molecule has 0 bridgehead atoms. The fraction of sp³-hybridized carbons (Fsp3) is 0.516. The van der Waals surface area contributed by atoms with Gasteiger partial charge in [0.1, 0.15) is 0 Å². The Balaban J connectivity index is 1.45. The number of alkyl halides is 3. The van der Waals surface area contributed by atoms with Crippen molar-refractivity contribution in [1.82, 2.24) is 14.8 Å². The Bertz CT molecular complexity index is 1350. The number of hydrogen-bond donors (Lipinski definition) is 2. The first-order valence-electron chi connectivity index (χ1n) is 14.4. The molecular formula is C31H41F3N6O2. The van der Waals surface area contributed by atoms with Gasteiger partial charge in [0.25, 0.3) is 5.91 Å². The molecule has 2 fully saturated rings. The Morgan fingerprint density at radius 3 is 2.57 bits per heavy atom. The predicted octanol–water partition coefficient (Wildman–Crippen LogP) is 3.90. The molecule has 0 radical (unpaired) electrons. The molecule has 4 N–H and O–H groups in total.